The molecule has 0 amide bonds. The largest absolute Gasteiger partial charge is 0.492 e. The molecule has 0 fully saturated rings. The maximum atomic E-state index is 5.79. The Balaban J connectivity index is 1.88. The first-order valence-corrected chi connectivity index (χ1v) is 6.96. The predicted molar refractivity (Wildman–Crippen MR) is 74.7 cm³/mol. The Morgan fingerprint density at radius 3 is 2.90 bits per heavy atom. The first kappa shape index (κ1) is 13.1. The highest BCUT2D eigenvalue weighted by Gasteiger charge is 2.30. The normalized spacial score (nSPS) is 18.9. The molecule has 2 atom stereocenters. The zero-order valence-corrected chi connectivity index (χ0v) is 11.7. The van der Waals surface area contributed by atoms with E-state index in [1.165, 1.54) is 0 Å². The molecular weight excluding hydrogens is 254 g/mol. The molecule has 2 N–H and O–H groups in total. The summed E-state index contributed by atoms with van der Waals surface area (Å²) in [5.74, 6) is 2.75. The molecule has 0 radical (unpaired) electrons. The first-order valence-electron chi connectivity index (χ1n) is 6.96. The fourth-order valence-electron chi connectivity index (χ4n) is 2.57. The van der Waals surface area contributed by atoms with Gasteiger partial charge in [0.05, 0.1) is 11.8 Å². The second kappa shape index (κ2) is 5.25. The lowest BCUT2D eigenvalue weighted by Gasteiger charge is -2.13. The molecule has 3 rings (SSSR count). The number of hydrogen-bond acceptors (Lipinski definition) is 5. The number of nitrogens with zero attached hydrogens (tertiary/aromatic N) is 2. The minimum atomic E-state index is 0.0503. The lowest BCUT2D eigenvalue weighted by molar-refractivity contribution is 0.314. The summed E-state index contributed by atoms with van der Waals surface area (Å²) in [4.78, 5) is 4.55. The Morgan fingerprint density at radius 2 is 2.15 bits per heavy atom. The summed E-state index contributed by atoms with van der Waals surface area (Å²) in [6, 6.07) is 7.98. The molecule has 0 saturated heterocycles. The predicted octanol–water partition coefficient (Wildman–Crippen LogP) is 2.29. The lowest BCUT2D eigenvalue weighted by atomic mass is 9.96. The minimum Gasteiger partial charge on any atom is -0.492 e. The van der Waals surface area contributed by atoms with Gasteiger partial charge in [0.25, 0.3) is 0 Å². The van der Waals surface area contributed by atoms with E-state index < -0.39 is 0 Å². The van der Waals surface area contributed by atoms with Crippen molar-refractivity contribution in [3.63, 3.8) is 0 Å². The zero-order valence-electron chi connectivity index (χ0n) is 11.7. The van der Waals surface area contributed by atoms with Crippen molar-refractivity contribution in [1.82, 2.24) is 10.1 Å². The number of fused-ring (bicyclic) bond motifs is 1. The van der Waals surface area contributed by atoms with E-state index in [-0.39, 0.29) is 11.8 Å². The van der Waals surface area contributed by atoms with Crippen LogP contribution in [0.4, 0.5) is 0 Å². The van der Waals surface area contributed by atoms with Gasteiger partial charge in [-0.05, 0) is 12.0 Å². The maximum absolute atomic E-state index is 5.79. The molecule has 0 spiro atoms. The van der Waals surface area contributed by atoms with Crippen LogP contribution >= 0.6 is 0 Å². The average Bonchev–Trinajstić information content (AvgIpc) is 3.05. The van der Waals surface area contributed by atoms with Crippen molar-refractivity contribution in [2.45, 2.75) is 25.7 Å². The number of nitrogens with two attached hydrogens (primary N) is 1. The summed E-state index contributed by atoms with van der Waals surface area (Å²) in [5.41, 5.74) is 6.91. The van der Waals surface area contributed by atoms with Crippen molar-refractivity contribution in [3.8, 4) is 5.75 Å². The van der Waals surface area contributed by atoms with Crippen LogP contribution in [0.25, 0.3) is 0 Å². The van der Waals surface area contributed by atoms with Crippen molar-refractivity contribution in [3.05, 3.63) is 41.5 Å². The van der Waals surface area contributed by atoms with Gasteiger partial charge in [0.1, 0.15) is 12.4 Å². The van der Waals surface area contributed by atoms with Crippen LogP contribution in [0.2, 0.25) is 0 Å². The SMILES string of the molecule is CC(C)C(CN)c1nc(C2COc3ccccc32)no1. The van der Waals surface area contributed by atoms with Crippen molar-refractivity contribution in [1.29, 1.82) is 0 Å². The summed E-state index contributed by atoms with van der Waals surface area (Å²) in [6.07, 6.45) is 0. The van der Waals surface area contributed by atoms with Gasteiger partial charge in [0.2, 0.25) is 5.89 Å². The molecule has 1 aromatic heterocycles. The van der Waals surface area contributed by atoms with Gasteiger partial charge in [-0.1, -0.05) is 37.2 Å². The molecule has 0 bridgehead atoms. The van der Waals surface area contributed by atoms with Gasteiger partial charge in [0, 0.05) is 12.1 Å². The third-order valence-electron chi connectivity index (χ3n) is 3.84. The number of aromatic nitrogens is 2. The molecular formula is C15H19N3O2. The molecule has 0 aliphatic carbocycles. The van der Waals surface area contributed by atoms with Gasteiger partial charge >= 0.3 is 0 Å². The molecule has 5 heteroatoms. The van der Waals surface area contributed by atoms with E-state index in [1.807, 2.05) is 24.3 Å². The maximum Gasteiger partial charge on any atom is 0.231 e. The quantitative estimate of drug-likeness (QED) is 0.925. The zero-order chi connectivity index (χ0) is 14.1. The molecule has 2 aromatic rings. The summed E-state index contributed by atoms with van der Waals surface area (Å²) in [5, 5.41) is 4.13. The Labute approximate surface area is 118 Å². The standard InChI is InChI=1S/C15H19N3O2/c1-9(2)11(7-16)15-17-14(18-20-15)12-8-19-13-6-4-3-5-10(12)13/h3-6,9,11-12H,7-8,16H2,1-2H3. The molecule has 2 unspecified atom stereocenters. The van der Waals surface area contributed by atoms with Crippen molar-refractivity contribution in [2.75, 3.05) is 13.2 Å². The first-order chi connectivity index (χ1) is 9.70. The molecule has 106 valence electrons. The molecule has 1 aliphatic heterocycles. The highest BCUT2D eigenvalue weighted by Crippen LogP contribution is 2.37. The van der Waals surface area contributed by atoms with Crippen LogP contribution in [0.3, 0.4) is 0 Å². The van der Waals surface area contributed by atoms with Crippen LogP contribution in [0.1, 0.15) is 43.0 Å². The number of rotatable bonds is 4. The summed E-state index contributed by atoms with van der Waals surface area (Å²) in [7, 11) is 0. The molecule has 0 saturated carbocycles. The van der Waals surface area contributed by atoms with Crippen LogP contribution in [0.15, 0.2) is 28.8 Å². The van der Waals surface area contributed by atoms with Crippen LogP contribution in [0, 0.1) is 5.92 Å². The van der Waals surface area contributed by atoms with Crippen LogP contribution in [0.5, 0.6) is 5.75 Å². The highest BCUT2D eigenvalue weighted by molar-refractivity contribution is 5.42. The molecule has 1 aliphatic rings. The smallest absolute Gasteiger partial charge is 0.231 e. The van der Waals surface area contributed by atoms with Gasteiger partial charge in [-0.15, -0.1) is 0 Å². The van der Waals surface area contributed by atoms with Gasteiger partial charge in [0.15, 0.2) is 5.82 Å². The lowest BCUT2D eigenvalue weighted by Crippen LogP contribution is -2.18. The summed E-state index contributed by atoms with van der Waals surface area (Å²) < 4.78 is 11.1. The van der Waals surface area contributed by atoms with E-state index in [0.717, 1.165) is 11.3 Å². The third-order valence-corrected chi connectivity index (χ3v) is 3.84. The summed E-state index contributed by atoms with van der Waals surface area (Å²) in [6.45, 7) is 5.29. The monoisotopic (exact) mass is 273 g/mol. The number of ether oxygens (including phenoxy) is 1. The average molecular weight is 273 g/mol. The van der Waals surface area contributed by atoms with Gasteiger partial charge in [-0.3, -0.25) is 0 Å². The van der Waals surface area contributed by atoms with Gasteiger partial charge in [-0.2, -0.15) is 4.98 Å². The van der Waals surface area contributed by atoms with Gasteiger partial charge in [-0.25, -0.2) is 0 Å². The molecule has 20 heavy (non-hydrogen) atoms. The minimum absolute atomic E-state index is 0.0503. The fourth-order valence-corrected chi connectivity index (χ4v) is 2.57. The van der Waals surface area contributed by atoms with Crippen LogP contribution in [-0.4, -0.2) is 23.3 Å². The van der Waals surface area contributed by atoms with E-state index in [2.05, 4.69) is 24.0 Å². The number of hydrogen-bond donors (Lipinski definition) is 1. The topological polar surface area (TPSA) is 74.2 Å². The van der Waals surface area contributed by atoms with E-state index in [9.17, 15) is 0 Å². The second-order valence-electron chi connectivity index (χ2n) is 5.48. The van der Waals surface area contributed by atoms with E-state index in [0.29, 0.717) is 30.8 Å². The van der Waals surface area contributed by atoms with E-state index >= 15 is 0 Å². The Morgan fingerprint density at radius 1 is 1.35 bits per heavy atom. The molecule has 5 nitrogen and oxygen atoms in total. The Kier molecular flexibility index (Phi) is 3.44. The molecule has 2 heterocycles. The second-order valence-corrected chi connectivity index (χ2v) is 5.48. The van der Waals surface area contributed by atoms with Crippen LogP contribution in [-0.2, 0) is 0 Å². The van der Waals surface area contributed by atoms with Crippen molar-refractivity contribution < 1.29 is 9.26 Å². The fraction of sp³-hybridized carbons (Fsp3) is 0.467. The van der Waals surface area contributed by atoms with Crippen molar-refractivity contribution >= 4 is 0 Å². The number of para-hydroxylation sites is 1. The number of benzene rings is 1. The van der Waals surface area contributed by atoms with Gasteiger partial charge < -0.3 is 15.0 Å². The van der Waals surface area contributed by atoms with E-state index in [1.54, 1.807) is 0 Å². The Bertz CT molecular complexity index is 594. The highest BCUT2D eigenvalue weighted by atomic mass is 16.5. The molecule has 1 aromatic carbocycles. The Hall–Kier alpha value is -1.88. The van der Waals surface area contributed by atoms with Crippen molar-refractivity contribution in [2.24, 2.45) is 11.7 Å². The van der Waals surface area contributed by atoms with E-state index in [4.69, 9.17) is 15.0 Å². The summed E-state index contributed by atoms with van der Waals surface area (Å²) >= 11 is 0. The van der Waals surface area contributed by atoms with Crippen LogP contribution < -0.4 is 10.5 Å². The third kappa shape index (κ3) is 2.18.